The molecule has 3 rings (SSSR count). The van der Waals surface area contributed by atoms with Gasteiger partial charge in [-0.15, -0.1) is 0 Å². The van der Waals surface area contributed by atoms with Gasteiger partial charge in [0.1, 0.15) is 5.82 Å². The van der Waals surface area contributed by atoms with Crippen LogP contribution in [0.25, 0.3) is 0 Å². The number of fused-ring (bicyclic) bond motifs is 2. The van der Waals surface area contributed by atoms with Gasteiger partial charge < -0.3 is 5.11 Å². The minimum atomic E-state index is -4.53. The van der Waals surface area contributed by atoms with Crippen LogP contribution >= 0.6 is 11.8 Å². The summed E-state index contributed by atoms with van der Waals surface area (Å²) in [7, 11) is 0. The molecule has 1 aromatic rings. The van der Waals surface area contributed by atoms with Crippen molar-refractivity contribution < 1.29 is 22.7 Å². The molecule has 0 saturated carbocycles. The number of hydrogen-bond donors (Lipinski definition) is 1. The molecular formula is C14H14F4OS. The Bertz CT molecular complexity index is 516. The quantitative estimate of drug-likeness (QED) is 0.789. The summed E-state index contributed by atoms with van der Waals surface area (Å²) in [6.45, 7) is 0. The van der Waals surface area contributed by atoms with E-state index in [0.717, 1.165) is 25.0 Å². The Hall–Kier alpha value is -0.750. The number of alkyl halides is 3. The average Bonchev–Trinajstić information content (AvgIpc) is 2.68. The number of aliphatic hydroxyl groups is 1. The summed E-state index contributed by atoms with van der Waals surface area (Å²) in [5.74, 6) is -0.758. The van der Waals surface area contributed by atoms with E-state index in [1.165, 1.54) is 0 Å². The molecule has 110 valence electrons. The van der Waals surface area contributed by atoms with Crippen LogP contribution in [-0.2, 0) is 11.8 Å². The highest BCUT2D eigenvalue weighted by molar-refractivity contribution is 8.00. The second-order valence-electron chi connectivity index (χ2n) is 5.59. The maximum Gasteiger partial charge on any atom is 0.416 e. The fourth-order valence-corrected chi connectivity index (χ4v) is 5.03. The lowest BCUT2D eigenvalue weighted by Crippen LogP contribution is -2.35. The number of thioether (sulfide) groups is 1. The minimum Gasteiger partial charge on any atom is -0.385 e. The molecule has 1 nitrogen and oxygen atoms in total. The molecule has 2 heterocycles. The van der Waals surface area contributed by atoms with Crippen LogP contribution < -0.4 is 0 Å². The third-order valence-electron chi connectivity index (χ3n) is 4.12. The highest BCUT2D eigenvalue weighted by Gasteiger charge is 2.46. The Morgan fingerprint density at radius 3 is 2.30 bits per heavy atom. The van der Waals surface area contributed by atoms with Crippen LogP contribution in [0, 0.1) is 5.82 Å². The summed E-state index contributed by atoms with van der Waals surface area (Å²) in [6.07, 6.45) is -1.99. The van der Waals surface area contributed by atoms with Crippen molar-refractivity contribution in [2.24, 2.45) is 0 Å². The van der Waals surface area contributed by atoms with E-state index >= 15 is 0 Å². The van der Waals surface area contributed by atoms with Gasteiger partial charge in [0, 0.05) is 16.1 Å². The number of halogens is 4. The van der Waals surface area contributed by atoms with Gasteiger partial charge in [-0.05, 0) is 43.9 Å². The highest BCUT2D eigenvalue weighted by Crippen LogP contribution is 2.52. The predicted octanol–water partition coefficient (Wildman–Crippen LogP) is 4.09. The molecule has 6 heteroatoms. The summed E-state index contributed by atoms with van der Waals surface area (Å²) in [6, 6.07) is 2.29. The lowest BCUT2D eigenvalue weighted by atomic mass is 9.84. The molecule has 2 fully saturated rings. The molecule has 0 aromatic heterocycles. The largest absolute Gasteiger partial charge is 0.416 e. The summed E-state index contributed by atoms with van der Waals surface area (Å²) in [5.41, 5.74) is -2.58. The molecule has 2 aliphatic heterocycles. The maximum atomic E-state index is 13.9. The first-order chi connectivity index (χ1) is 9.28. The zero-order chi connectivity index (χ0) is 14.5. The first kappa shape index (κ1) is 14.2. The van der Waals surface area contributed by atoms with Crippen molar-refractivity contribution in [1.82, 2.24) is 0 Å². The fourth-order valence-electron chi connectivity index (χ4n) is 3.20. The molecule has 0 radical (unpaired) electrons. The zero-order valence-electron chi connectivity index (χ0n) is 10.6. The van der Waals surface area contributed by atoms with Crippen LogP contribution in [-0.4, -0.2) is 15.6 Å². The maximum absolute atomic E-state index is 13.9. The minimum absolute atomic E-state index is 0.204. The van der Waals surface area contributed by atoms with Gasteiger partial charge in [-0.3, -0.25) is 0 Å². The summed E-state index contributed by atoms with van der Waals surface area (Å²) < 4.78 is 52.2. The molecule has 2 aliphatic rings. The van der Waals surface area contributed by atoms with E-state index in [-0.39, 0.29) is 16.1 Å². The Morgan fingerprint density at radius 2 is 1.75 bits per heavy atom. The van der Waals surface area contributed by atoms with Crippen LogP contribution in [0.3, 0.4) is 0 Å². The lowest BCUT2D eigenvalue weighted by molar-refractivity contribution is -0.137. The summed E-state index contributed by atoms with van der Waals surface area (Å²) in [4.78, 5) is 0. The zero-order valence-corrected chi connectivity index (χ0v) is 11.4. The first-order valence-corrected chi connectivity index (χ1v) is 7.47. The Labute approximate surface area is 118 Å². The molecule has 0 spiro atoms. The van der Waals surface area contributed by atoms with Crippen LogP contribution in [0.1, 0.15) is 36.8 Å². The van der Waals surface area contributed by atoms with E-state index in [1.54, 1.807) is 11.8 Å². The third-order valence-corrected chi connectivity index (χ3v) is 5.70. The topological polar surface area (TPSA) is 20.2 Å². The Morgan fingerprint density at radius 1 is 1.15 bits per heavy atom. The molecule has 2 bridgehead atoms. The third kappa shape index (κ3) is 2.44. The Balaban J connectivity index is 2.00. The van der Waals surface area contributed by atoms with E-state index in [2.05, 4.69) is 0 Å². The molecule has 2 unspecified atom stereocenters. The molecule has 0 aliphatic carbocycles. The molecule has 1 N–H and O–H groups in total. The van der Waals surface area contributed by atoms with Gasteiger partial charge in [-0.1, -0.05) is 0 Å². The number of rotatable bonds is 1. The fraction of sp³-hybridized carbons (Fsp3) is 0.571. The standard InChI is InChI=1S/C14H14F4OS/c15-12-4-1-8(14(16,17)18)5-11(12)13(19)6-9-2-3-10(7-13)20-9/h1,4-5,9-10,19H,2-3,6-7H2. The first-order valence-electron chi connectivity index (χ1n) is 6.53. The van der Waals surface area contributed by atoms with Crippen LogP contribution in [0.15, 0.2) is 18.2 Å². The van der Waals surface area contributed by atoms with Crippen LogP contribution in [0.5, 0.6) is 0 Å². The van der Waals surface area contributed by atoms with Crippen LogP contribution in [0.2, 0.25) is 0 Å². The van der Waals surface area contributed by atoms with Gasteiger partial charge >= 0.3 is 6.18 Å². The Kier molecular flexibility index (Phi) is 3.29. The van der Waals surface area contributed by atoms with Gasteiger partial charge in [0.25, 0.3) is 0 Å². The number of benzene rings is 1. The second-order valence-corrected chi connectivity index (χ2v) is 7.20. The molecule has 0 amide bonds. The molecule has 20 heavy (non-hydrogen) atoms. The van der Waals surface area contributed by atoms with Crippen molar-refractivity contribution in [2.75, 3.05) is 0 Å². The molecule has 2 saturated heterocycles. The second kappa shape index (κ2) is 4.63. The van der Waals surface area contributed by atoms with Crippen molar-refractivity contribution in [3.8, 4) is 0 Å². The van der Waals surface area contributed by atoms with Crippen molar-refractivity contribution >= 4 is 11.8 Å². The van der Waals surface area contributed by atoms with E-state index in [0.29, 0.717) is 18.9 Å². The molecule has 2 atom stereocenters. The van der Waals surface area contributed by atoms with E-state index in [1.807, 2.05) is 0 Å². The molecule has 1 aromatic carbocycles. The SMILES string of the molecule is OC1(c2cc(C(F)(F)F)ccc2F)CC2CCC(C1)S2. The van der Waals surface area contributed by atoms with Crippen molar-refractivity contribution in [3.05, 3.63) is 35.1 Å². The van der Waals surface area contributed by atoms with Crippen molar-refractivity contribution in [3.63, 3.8) is 0 Å². The summed E-state index contributed by atoms with van der Waals surface area (Å²) in [5, 5.41) is 11.1. The van der Waals surface area contributed by atoms with E-state index in [4.69, 9.17) is 0 Å². The van der Waals surface area contributed by atoms with Gasteiger partial charge in [0.05, 0.1) is 11.2 Å². The molecular weight excluding hydrogens is 292 g/mol. The van der Waals surface area contributed by atoms with Gasteiger partial charge in [-0.25, -0.2) is 4.39 Å². The van der Waals surface area contributed by atoms with Gasteiger partial charge in [-0.2, -0.15) is 24.9 Å². The van der Waals surface area contributed by atoms with E-state index < -0.39 is 23.2 Å². The number of hydrogen-bond acceptors (Lipinski definition) is 2. The van der Waals surface area contributed by atoms with Gasteiger partial charge in [0.2, 0.25) is 0 Å². The average molecular weight is 306 g/mol. The lowest BCUT2D eigenvalue weighted by Gasteiger charge is -2.36. The predicted molar refractivity (Wildman–Crippen MR) is 68.9 cm³/mol. The normalized spacial score (nSPS) is 33.5. The van der Waals surface area contributed by atoms with Crippen molar-refractivity contribution in [1.29, 1.82) is 0 Å². The highest BCUT2D eigenvalue weighted by atomic mass is 32.2. The smallest absolute Gasteiger partial charge is 0.385 e. The monoisotopic (exact) mass is 306 g/mol. The van der Waals surface area contributed by atoms with Crippen molar-refractivity contribution in [2.45, 2.75) is 48.0 Å². The van der Waals surface area contributed by atoms with E-state index in [9.17, 15) is 22.7 Å². The summed E-state index contributed by atoms with van der Waals surface area (Å²) >= 11 is 1.76. The van der Waals surface area contributed by atoms with Crippen LogP contribution in [0.4, 0.5) is 17.6 Å². The van der Waals surface area contributed by atoms with Gasteiger partial charge in [0.15, 0.2) is 0 Å².